The summed E-state index contributed by atoms with van der Waals surface area (Å²) in [7, 11) is 0. The number of carbonyl (C=O) groups excluding carboxylic acids is 2. The highest BCUT2D eigenvalue weighted by molar-refractivity contribution is 5.93. The van der Waals surface area contributed by atoms with Crippen LogP contribution < -0.4 is 10.6 Å². The molecule has 0 spiro atoms. The van der Waals surface area contributed by atoms with Crippen LogP contribution in [-0.2, 0) is 4.79 Å². The van der Waals surface area contributed by atoms with Gasteiger partial charge < -0.3 is 15.5 Å². The second-order valence-electron chi connectivity index (χ2n) is 5.32. The van der Waals surface area contributed by atoms with Crippen LogP contribution in [0.1, 0.15) is 25.3 Å². The van der Waals surface area contributed by atoms with Gasteiger partial charge in [0.25, 0.3) is 0 Å². The number of nitrogens with one attached hydrogen (secondary N) is 2. The Morgan fingerprint density at radius 2 is 1.95 bits per heavy atom. The van der Waals surface area contributed by atoms with Crippen LogP contribution in [0.5, 0.6) is 0 Å². The number of benzene rings is 1. The molecule has 1 atom stereocenters. The molecule has 114 valence electrons. The fraction of sp³-hybridized carbons (Fsp3) is 0.467. The zero-order valence-electron chi connectivity index (χ0n) is 12.3. The van der Waals surface area contributed by atoms with E-state index in [1.807, 2.05) is 0 Å². The number of urea groups is 1. The lowest BCUT2D eigenvalue weighted by atomic mass is 10.2. The molecular weight excluding hydrogens is 273 g/mol. The van der Waals surface area contributed by atoms with Crippen molar-refractivity contribution < 1.29 is 14.0 Å². The summed E-state index contributed by atoms with van der Waals surface area (Å²) in [6.45, 7) is 4.79. The Morgan fingerprint density at radius 1 is 1.29 bits per heavy atom. The summed E-state index contributed by atoms with van der Waals surface area (Å²) in [5.41, 5.74) is 0.870. The van der Waals surface area contributed by atoms with Crippen molar-refractivity contribution >= 4 is 17.6 Å². The number of likely N-dealkylation sites (tertiary alicyclic amines) is 1. The quantitative estimate of drug-likeness (QED) is 0.898. The molecule has 1 heterocycles. The molecule has 2 rings (SSSR count). The summed E-state index contributed by atoms with van der Waals surface area (Å²) >= 11 is 0. The Hall–Kier alpha value is -2.11. The maximum Gasteiger partial charge on any atom is 0.319 e. The van der Waals surface area contributed by atoms with E-state index in [1.165, 1.54) is 6.07 Å². The van der Waals surface area contributed by atoms with E-state index < -0.39 is 12.1 Å². The van der Waals surface area contributed by atoms with E-state index in [0.717, 1.165) is 25.9 Å². The minimum atomic E-state index is -0.599. The molecular formula is C15H20FN3O2. The van der Waals surface area contributed by atoms with Crippen molar-refractivity contribution in [2.24, 2.45) is 0 Å². The second kappa shape index (κ2) is 6.56. The number of hydrogen-bond acceptors (Lipinski definition) is 2. The van der Waals surface area contributed by atoms with Crippen LogP contribution >= 0.6 is 0 Å². The molecule has 1 aromatic carbocycles. The largest absolute Gasteiger partial charge is 0.341 e. The first-order valence-electron chi connectivity index (χ1n) is 7.10. The summed E-state index contributed by atoms with van der Waals surface area (Å²) in [5, 5.41) is 5.10. The molecule has 0 saturated carbocycles. The first-order valence-corrected chi connectivity index (χ1v) is 7.10. The average molecular weight is 293 g/mol. The van der Waals surface area contributed by atoms with Crippen LogP contribution in [0.15, 0.2) is 18.2 Å². The van der Waals surface area contributed by atoms with Crippen LogP contribution in [0.3, 0.4) is 0 Å². The van der Waals surface area contributed by atoms with Crippen molar-refractivity contribution in [1.29, 1.82) is 0 Å². The Morgan fingerprint density at radius 3 is 2.57 bits per heavy atom. The van der Waals surface area contributed by atoms with E-state index in [1.54, 1.807) is 30.9 Å². The topological polar surface area (TPSA) is 61.4 Å². The molecule has 21 heavy (non-hydrogen) atoms. The number of rotatable bonds is 3. The molecule has 1 aliphatic heterocycles. The number of carbonyl (C=O) groups is 2. The average Bonchev–Trinajstić information content (AvgIpc) is 2.96. The smallest absolute Gasteiger partial charge is 0.319 e. The van der Waals surface area contributed by atoms with Crippen LogP contribution in [0.2, 0.25) is 0 Å². The molecule has 0 radical (unpaired) electrons. The summed E-state index contributed by atoms with van der Waals surface area (Å²) < 4.78 is 13.4. The van der Waals surface area contributed by atoms with Crippen molar-refractivity contribution in [3.05, 3.63) is 29.6 Å². The highest BCUT2D eigenvalue weighted by Gasteiger charge is 2.24. The molecule has 0 aromatic heterocycles. The van der Waals surface area contributed by atoms with Gasteiger partial charge in [-0.05, 0) is 44.4 Å². The van der Waals surface area contributed by atoms with Gasteiger partial charge in [0.1, 0.15) is 11.9 Å². The molecule has 5 nitrogen and oxygen atoms in total. The van der Waals surface area contributed by atoms with Gasteiger partial charge in [-0.25, -0.2) is 9.18 Å². The van der Waals surface area contributed by atoms with E-state index in [-0.39, 0.29) is 11.7 Å². The number of halogens is 1. The Labute approximate surface area is 123 Å². The lowest BCUT2D eigenvalue weighted by molar-refractivity contribution is -0.131. The van der Waals surface area contributed by atoms with Gasteiger partial charge in [-0.2, -0.15) is 0 Å². The number of amides is 3. The van der Waals surface area contributed by atoms with Crippen molar-refractivity contribution in [3.63, 3.8) is 0 Å². The molecule has 0 unspecified atom stereocenters. The molecule has 0 bridgehead atoms. The third-order valence-corrected chi connectivity index (χ3v) is 3.57. The molecule has 1 saturated heterocycles. The summed E-state index contributed by atoms with van der Waals surface area (Å²) in [5.74, 6) is -0.466. The van der Waals surface area contributed by atoms with Gasteiger partial charge in [-0.1, -0.05) is 6.07 Å². The van der Waals surface area contributed by atoms with Crippen LogP contribution in [0, 0.1) is 12.7 Å². The monoisotopic (exact) mass is 293 g/mol. The summed E-state index contributed by atoms with van der Waals surface area (Å²) in [6, 6.07) is 3.34. The molecule has 0 aliphatic carbocycles. The van der Waals surface area contributed by atoms with Gasteiger partial charge in [0.2, 0.25) is 5.91 Å². The second-order valence-corrected chi connectivity index (χ2v) is 5.32. The first kappa shape index (κ1) is 15.3. The number of nitrogens with zero attached hydrogens (tertiary/aromatic N) is 1. The van der Waals surface area contributed by atoms with Crippen LogP contribution in [0.25, 0.3) is 0 Å². The van der Waals surface area contributed by atoms with Crippen molar-refractivity contribution in [3.8, 4) is 0 Å². The lowest BCUT2D eigenvalue weighted by Crippen LogP contribution is -2.47. The third-order valence-electron chi connectivity index (χ3n) is 3.57. The van der Waals surface area contributed by atoms with E-state index in [9.17, 15) is 14.0 Å². The Balaban J connectivity index is 1.88. The zero-order valence-corrected chi connectivity index (χ0v) is 12.3. The molecule has 1 aromatic rings. The van der Waals surface area contributed by atoms with E-state index >= 15 is 0 Å². The third kappa shape index (κ3) is 3.93. The first-order chi connectivity index (χ1) is 9.97. The maximum absolute atomic E-state index is 13.4. The minimum absolute atomic E-state index is 0.0854. The fourth-order valence-electron chi connectivity index (χ4n) is 2.31. The van der Waals surface area contributed by atoms with E-state index in [4.69, 9.17) is 0 Å². The fourth-order valence-corrected chi connectivity index (χ4v) is 2.31. The van der Waals surface area contributed by atoms with Gasteiger partial charge in [-0.3, -0.25) is 4.79 Å². The maximum atomic E-state index is 13.4. The van der Waals surface area contributed by atoms with Crippen LogP contribution in [0.4, 0.5) is 14.9 Å². The van der Waals surface area contributed by atoms with Gasteiger partial charge in [0.15, 0.2) is 0 Å². The van der Waals surface area contributed by atoms with Crippen molar-refractivity contribution in [2.75, 3.05) is 18.4 Å². The number of hydrogen-bond donors (Lipinski definition) is 2. The zero-order chi connectivity index (χ0) is 15.4. The Bertz CT molecular complexity index is 542. The van der Waals surface area contributed by atoms with E-state index in [0.29, 0.717) is 11.3 Å². The predicted molar refractivity (Wildman–Crippen MR) is 78.6 cm³/mol. The highest BCUT2D eigenvalue weighted by atomic mass is 19.1. The van der Waals surface area contributed by atoms with E-state index in [2.05, 4.69) is 10.6 Å². The Kier molecular flexibility index (Phi) is 4.77. The standard InChI is InChI=1S/C15H20FN3O2/c1-10-5-6-12(9-13(10)16)18-15(21)17-11(2)14(20)19-7-3-4-8-19/h5-6,9,11H,3-4,7-8H2,1-2H3,(H2,17,18,21)/t11-/m0/s1. The van der Waals surface area contributed by atoms with Gasteiger partial charge in [0, 0.05) is 18.8 Å². The highest BCUT2D eigenvalue weighted by Crippen LogP contribution is 2.13. The predicted octanol–water partition coefficient (Wildman–Crippen LogP) is 2.27. The summed E-state index contributed by atoms with van der Waals surface area (Å²) in [4.78, 5) is 25.6. The van der Waals surface area contributed by atoms with Crippen LogP contribution in [-0.4, -0.2) is 36.0 Å². The molecule has 1 aliphatic rings. The van der Waals surface area contributed by atoms with Crippen molar-refractivity contribution in [1.82, 2.24) is 10.2 Å². The normalized spacial score (nSPS) is 15.7. The van der Waals surface area contributed by atoms with Gasteiger partial charge >= 0.3 is 6.03 Å². The van der Waals surface area contributed by atoms with Gasteiger partial charge in [-0.15, -0.1) is 0 Å². The molecule has 3 amide bonds. The molecule has 6 heteroatoms. The summed E-state index contributed by atoms with van der Waals surface area (Å²) in [6.07, 6.45) is 2.01. The SMILES string of the molecule is Cc1ccc(NC(=O)N[C@@H](C)C(=O)N2CCCC2)cc1F. The number of anilines is 1. The molecule has 1 fully saturated rings. The van der Waals surface area contributed by atoms with Crippen molar-refractivity contribution in [2.45, 2.75) is 32.7 Å². The van der Waals surface area contributed by atoms with Gasteiger partial charge in [0.05, 0.1) is 0 Å². The molecule has 2 N–H and O–H groups in total. The minimum Gasteiger partial charge on any atom is -0.341 e. The lowest BCUT2D eigenvalue weighted by Gasteiger charge is -2.21. The number of aryl methyl sites for hydroxylation is 1.